The maximum absolute atomic E-state index is 13.2. The summed E-state index contributed by atoms with van der Waals surface area (Å²) in [6, 6.07) is 17.0. The minimum atomic E-state index is -1.02. The Morgan fingerprint density at radius 2 is 1.80 bits per heavy atom. The van der Waals surface area contributed by atoms with E-state index in [0.717, 1.165) is 32.5 Å². The Bertz CT molecular complexity index is 951. The molecule has 2 aliphatic rings. The number of carbonyl (C=O) groups excluding carboxylic acids is 2. The Kier molecular flexibility index (Phi) is 5.68. The predicted octanol–water partition coefficient (Wildman–Crippen LogP) is 2.97. The Balaban J connectivity index is 1.59. The largest absolute Gasteiger partial charge is 0.478 e. The van der Waals surface area contributed by atoms with Gasteiger partial charge in [-0.15, -0.1) is 0 Å². The fourth-order valence-corrected chi connectivity index (χ4v) is 4.98. The van der Waals surface area contributed by atoms with Gasteiger partial charge >= 0.3 is 5.97 Å². The summed E-state index contributed by atoms with van der Waals surface area (Å²) >= 11 is 0. The Morgan fingerprint density at radius 1 is 1.07 bits per heavy atom. The van der Waals surface area contributed by atoms with Gasteiger partial charge in [0.2, 0.25) is 11.8 Å². The second-order valence-electron chi connectivity index (χ2n) is 8.27. The maximum atomic E-state index is 13.2. The molecule has 2 aromatic rings. The molecule has 2 amide bonds. The van der Waals surface area contributed by atoms with Crippen LogP contribution >= 0.6 is 0 Å². The number of carboxylic acids is 1. The first-order valence-electron chi connectivity index (χ1n) is 10.4. The number of benzene rings is 2. The summed E-state index contributed by atoms with van der Waals surface area (Å²) in [7, 11) is 0. The molecule has 2 N–H and O–H groups in total. The summed E-state index contributed by atoms with van der Waals surface area (Å²) in [5.74, 6) is -1.51. The van der Waals surface area contributed by atoms with Gasteiger partial charge < -0.3 is 5.11 Å². The van der Waals surface area contributed by atoms with E-state index < -0.39 is 11.4 Å². The van der Waals surface area contributed by atoms with E-state index >= 15 is 0 Å². The topological polar surface area (TPSA) is 86.7 Å². The molecular weight excluding hydrogens is 380 g/mol. The molecule has 0 radical (unpaired) electrons. The van der Waals surface area contributed by atoms with Gasteiger partial charge in [-0.05, 0) is 61.5 Å². The Hall–Kier alpha value is -2.99. The van der Waals surface area contributed by atoms with E-state index in [-0.39, 0.29) is 29.7 Å². The smallest absolute Gasteiger partial charge is 0.335 e. The summed E-state index contributed by atoms with van der Waals surface area (Å²) in [5, 5.41) is 12.0. The molecule has 2 heterocycles. The van der Waals surface area contributed by atoms with Crippen molar-refractivity contribution in [1.82, 2.24) is 10.2 Å². The molecule has 6 heteroatoms. The van der Waals surface area contributed by atoms with Crippen LogP contribution in [-0.4, -0.2) is 40.9 Å². The summed E-state index contributed by atoms with van der Waals surface area (Å²) in [6.07, 6.45) is 2.34. The van der Waals surface area contributed by atoms with E-state index in [1.165, 1.54) is 11.6 Å². The molecule has 30 heavy (non-hydrogen) atoms. The zero-order valence-electron chi connectivity index (χ0n) is 16.8. The number of piperidine rings is 2. The lowest BCUT2D eigenvalue weighted by atomic mass is 9.62. The molecule has 2 saturated heterocycles. The standard InChI is InChI=1S/C24H26N2O4/c27-21-9-12-24(23(30)25-21,20-8-4-7-18(15-20)22(28)29)19-10-13-26(14-11-19)16-17-5-2-1-3-6-17/h1-8,15,19H,9-14,16H2,(H,28,29)(H,25,27,30). The van der Waals surface area contributed by atoms with Crippen molar-refractivity contribution < 1.29 is 19.5 Å². The molecule has 0 aliphatic carbocycles. The fourth-order valence-electron chi connectivity index (χ4n) is 4.98. The van der Waals surface area contributed by atoms with Crippen molar-refractivity contribution in [2.75, 3.05) is 13.1 Å². The molecule has 2 aromatic carbocycles. The maximum Gasteiger partial charge on any atom is 0.335 e. The van der Waals surface area contributed by atoms with E-state index in [2.05, 4.69) is 22.3 Å². The van der Waals surface area contributed by atoms with Crippen molar-refractivity contribution in [2.24, 2.45) is 5.92 Å². The lowest BCUT2D eigenvalue weighted by Gasteiger charge is -2.45. The number of likely N-dealkylation sites (tertiary alicyclic amines) is 1. The summed E-state index contributed by atoms with van der Waals surface area (Å²) in [4.78, 5) is 39.0. The summed E-state index contributed by atoms with van der Waals surface area (Å²) in [6.45, 7) is 2.60. The molecule has 0 aromatic heterocycles. The third-order valence-corrected chi connectivity index (χ3v) is 6.56. The molecule has 2 aliphatic heterocycles. The number of rotatable bonds is 5. The van der Waals surface area contributed by atoms with Crippen LogP contribution in [0, 0.1) is 5.92 Å². The monoisotopic (exact) mass is 406 g/mol. The molecule has 156 valence electrons. The van der Waals surface area contributed by atoms with Crippen LogP contribution in [0.25, 0.3) is 0 Å². The number of amides is 2. The number of imide groups is 1. The molecule has 0 spiro atoms. The van der Waals surface area contributed by atoms with E-state index in [0.29, 0.717) is 12.0 Å². The average molecular weight is 406 g/mol. The van der Waals surface area contributed by atoms with Crippen LogP contribution in [0.2, 0.25) is 0 Å². The van der Waals surface area contributed by atoms with Gasteiger partial charge in [-0.25, -0.2) is 4.79 Å². The molecule has 2 fully saturated rings. The number of aromatic carboxylic acids is 1. The van der Waals surface area contributed by atoms with E-state index in [4.69, 9.17) is 0 Å². The van der Waals surface area contributed by atoms with Crippen LogP contribution < -0.4 is 5.32 Å². The van der Waals surface area contributed by atoms with Crippen LogP contribution in [0.3, 0.4) is 0 Å². The highest BCUT2D eigenvalue weighted by Crippen LogP contribution is 2.44. The first-order chi connectivity index (χ1) is 14.5. The van der Waals surface area contributed by atoms with Crippen molar-refractivity contribution in [3.63, 3.8) is 0 Å². The van der Waals surface area contributed by atoms with Crippen molar-refractivity contribution in [3.05, 3.63) is 71.3 Å². The summed E-state index contributed by atoms with van der Waals surface area (Å²) in [5.41, 5.74) is 1.27. The van der Waals surface area contributed by atoms with Gasteiger partial charge in [0.05, 0.1) is 11.0 Å². The molecular formula is C24H26N2O4. The minimum absolute atomic E-state index is 0.0571. The van der Waals surface area contributed by atoms with Crippen LogP contribution in [0.4, 0.5) is 0 Å². The number of nitrogens with zero attached hydrogens (tertiary/aromatic N) is 1. The van der Waals surface area contributed by atoms with Gasteiger partial charge in [0.25, 0.3) is 0 Å². The predicted molar refractivity (Wildman–Crippen MR) is 112 cm³/mol. The molecule has 6 nitrogen and oxygen atoms in total. The molecule has 0 saturated carbocycles. The fraction of sp³-hybridized carbons (Fsp3) is 0.375. The lowest BCUT2D eigenvalue weighted by molar-refractivity contribution is -0.140. The van der Waals surface area contributed by atoms with Crippen LogP contribution in [-0.2, 0) is 21.5 Å². The highest BCUT2D eigenvalue weighted by atomic mass is 16.4. The highest BCUT2D eigenvalue weighted by molar-refractivity contribution is 6.04. The molecule has 0 bridgehead atoms. The number of hydrogen-bond acceptors (Lipinski definition) is 4. The van der Waals surface area contributed by atoms with Crippen molar-refractivity contribution >= 4 is 17.8 Å². The highest BCUT2D eigenvalue weighted by Gasteiger charge is 2.50. The third-order valence-electron chi connectivity index (χ3n) is 6.56. The SMILES string of the molecule is O=C1CCC(c2cccc(C(=O)O)c2)(C2CCN(Cc3ccccc3)CC2)C(=O)N1. The number of nitrogens with one attached hydrogen (secondary N) is 1. The normalized spacial score (nSPS) is 23.2. The van der Waals surface area contributed by atoms with Crippen molar-refractivity contribution in [2.45, 2.75) is 37.6 Å². The van der Waals surface area contributed by atoms with Crippen molar-refractivity contribution in [3.8, 4) is 0 Å². The zero-order valence-corrected chi connectivity index (χ0v) is 16.8. The third kappa shape index (κ3) is 3.87. The van der Waals surface area contributed by atoms with E-state index in [1.54, 1.807) is 12.1 Å². The summed E-state index contributed by atoms with van der Waals surface area (Å²) < 4.78 is 0. The van der Waals surface area contributed by atoms with Gasteiger partial charge in [0.1, 0.15) is 0 Å². The van der Waals surface area contributed by atoms with Gasteiger partial charge in [-0.2, -0.15) is 0 Å². The Labute approximate surface area is 175 Å². The molecule has 4 rings (SSSR count). The zero-order chi connectivity index (χ0) is 21.1. The molecule has 1 unspecified atom stereocenters. The van der Waals surface area contributed by atoms with E-state index in [9.17, 15) is 19.5 Å². The first-order valence-corrected chi connectivity index (χ1v) is 10.4. The second kappa shape index (κ2) is 8.40. The lowest BCUT2D eigenvalue weighted by Crippen LogP contribution is -2.57. The second-order valence-corrected chi connectivity index (χ2v) is 8.27. The van der Waals surface area contributed by atoms with E-state index in [1.807, 2.05) is 24.3 Å². The number of carbonyl (C=O) groups is 3. The van der Waals surface area contributed by atoms with Gasteiger partial charge in [-0.1, -0.05) is 42.5 Å². The van der Waals surface area contributed by atoms with Gasteiger partial charge in [0.15, 0.2) is 0 Å². The molecule has 1 atom stereocenters. The number of carboxylic acid groups (broad SMARTS) is 1. The van der Waals surface area contributed by atoms with Crippen LogP contribution in [0.5, 0.6) is 0 Å². The Morgan fingerprint density at radius 3 is 2.47 bits per heavy atom. The first kappa shape index (κ1) is 20.3. The van der Waals surface area contributed by atoms with Crippen LogP contribution in [0.1, 0.15) is 47.2 Å². The number of hydrogen-bond donors (Lipinski definition) is 2. The quantitative estimate of drug-likeness (QED) is 0.746. The average Bonchev–Trinajstić information content (AvgIpc) is 2.76. The minimum Gasteiger partial charge on any atom is -0.478 e. The van der Waals surface area contributed by atoms with Crippen LogP contribution in [0.15, 0.2) is 54.6 Å². The van der Waals surface area contributed by atoms with Gasteiger partial charge in [0, 0.05) is 13.0 Å². The van der Waals surface area contributed by atoms with Gasteiger partial charge in [-0.3, -0.25) is 19.8 Å². The van der Waals surface area contributed by atoms with Crippen molar-refractivity contribution in [1.29, 1.82) is 0 Å².